The van der Waals surface area contributed by atoms with Crippen LogP contribution in [-0.4, -0.2) is 11.9 Å². The molecule has 1 fully saturated rings. The maximum Gasteiger partial charge on any atom is 0.220 e. The Labute approximate surface area is 121 Å². The summed E-state index contributed by atoms with van der Waals surface area (Å²) >= 11 is 0. The number of rotatable bonds is 8. The van der Waals surface area contributed by atoms with Gasteiger partial charge in [0.1, 0.15) is 0 Å². The highest BCUT2D eigenvalue weighted by Gasteiger charge is 2.25. The Balaban J connectivity index is 1.71. The van der Waals surface area contributed by atoms with Crippen molar-refractivity contribution in [2.45, 2.75) is 57.5 Å². The van der Waals surface area contributed by atoms with Gasteiger partial charge in [-0.3, -0.25) is 4.79 Å². The molecule has 0 bridgehead atoms. The standard InChI is InChI=1S/C17H26N2O/c1-2-15(12-13-8-9-13)19-17(20)11-10-16(18)14-6-4-3-5-7-14/h3-7,13,15-16H,2,8-12,18H2,1H3,(H,19,20). The Morgan fingerprint density at radius 3 is 2.65 bits per heavy atom. The number of amides is 1. The van der Waals surface area contributed by atoms with Gasteiger partial charge in [-0.2, -0.15) is 0 Å². The molecule has 110 valence electrons. The summed E-state index contributed by atoms with van der Waals surface area (Å²) < 4.78 is 0. The predicted molar refractivity (Wildman–Crippen MR) is 82.2 cm³/mol. The monoisotopic (exact) mass is 274 g/mol. The fraction of sp³-hybridized carbons (Fsp3) is 0.588. The van der Waals surface area contributed by atoms with Gasteiger partial charge in [0.15, 0.2) is 0 Å². The van der Waals surface area contributed by atoms with Gasteiger partial charge in [0.05, 0.1) is 0 Å². The van der Waals surface area contributed by atoms with Gasteiger partial charge in [-0.1, -0.05) is 50.1 Å². The van der Waals surface area contributed by atoms with Crippen LogP contribution in [0.1, 0.15) is 57.1 Å². The molecular weight excluding hydrogens is 248 g/mol. The van der Waals surface area contributed by atoms with Crippen LogP contribution in [0.15, 0.2) is 30.3 Å². The average molecular weight is 274 g/mol. The van der Waals surface area contributed by atoms with Gasteiger partial charge in [0.2, 0.25) is 5.91 Å². The van der Waals surface area contributed by atoms with Crippen LogP contribution >= 0.6 is 0 Å². The van der Waals surface area contributed by atoms with E-state index in [1.54, 1.807) is 0 Å². The number of carbonyl (C=O) groups is 1. The van der Waals surface area contributed by atoms with Gasteiger partial charge in [-0.05, 0) is 30.7 Å². The van der Waals surface area contributed by atoms with Crippen molar-refractivity contribution in [1.82, 2.24) is 5.32 Å². The van der Waals surface area contributed by atoms with Gasteiger partial charge in [-0.25, -0.2) is 0 Å². The summed E-state index contributed by atoms with van der Waals surface area (Å²) in [4.78, 5) is 12.0. The van der Waals surface area contributed by atoms with Crippen molar-refractivity contribution in [3.63, 3.8) is 0 Å². The maximum absolute atomic E-state index is 12.0. The molecule has 0 aromatic heterocycles. The van der Waals surface area contributed by atoms with Crippen LogP contribution in [0.2, 0.25) is 0 Å². The summed E-state index contributed by atoms with van der Waals surface area (Å²) in [5.74, 6) is 0.996. The van der Waals surface area contributed by atoms with Gasteiger partial charge in [0, 0.05) is 18.5 Å². The molecular formula is C17H26N2O. The van der Waals surface area contributed by atoms with E-state index in [2.05, 4.69) is 12.2 Å². The quantitative estimate of drug-likeness (QED) is 0.765. The van der Waals surface area contributed by atoms with Crippen LogP contribution in [0, 0.1) is 5.92 Å². The molecule has 2 atom stereocenters. The fourth-order valence-electron chi connectivity index (χ4n) is 2.54. The van der Waals surface area contributed by atoms with Crippen molar-refractivity contribution in [3.05, 3.63) is 35.9 Å². The number of benzene rings is 1. The first-order valence-corrected chi connectivity index (χ1v) is 7.79. The lowest BCUT2D eigenvalue weighted by Crippen LogP contribution is -2.35. The minimum Gasteiger partial charge on any atom is -0.353 e. The molecule has 0 heterocycles. The van der Waals surface area contributed by atoms with E-state index in [1.807, 2.05) is 30.3 Å². The number of hydrogen-bond acceptors (Lipinski definition) is 2. The Hall–Kier alpha value is -1.35. The Morgan fingerprint density at radius 1 is 1.35 bits per heavy atom. The summed E-state index contributed by atoms with van der Waals surface area (Å²) in [6, 6.07) is 10.3. The van der Waals surface area contributed by atoms with E-state index in [0.29, 0.717) is 18.9 Å². The third-order valence-corrected chi connectivity index (χ3v) is 4.08. The van der Waals surface area contributed by atoms with E-state index in [-0.39, 0.29) is 11.9 Å². The smallest absolute Gasteiger partial charge is 0.220 e. The van der Waals surface area contributed by atoms with Gasteiger partial charge < -0.3 is 11.1 Å². The number of carbonyl (C=O) groups excluding carboxylic acids is 1. The summed E-state index contributed by atoms with van der Waals surface area (Å²) in [7, 11) is 0. The fourth-order valence-corrected chi connectivity index (χ4v) is 2.54. The van der Waals surface area contributed by atoms with Crippen molar-refractivity contribution in [1.29, 1.82) is 0 Å². The zero-order valence-corrected chi connectivity index (χ0v) is 12.3. The third kappa shape index (κ3) is 4.97. The van der Waals surface area contributed by atoms with Crippen molar-refractivity contribution in [3.8, 4) is 0 Å². The molecule has 1 aromatic rings. The summed E-state index contributed by atoms with van der Waals surface area (Å²) in [6.45, 7) is 2.14. The SMILES string of the molecule is CCC(CC1CC1)NC(=O)CCC(N)c1ccccc1. The molecule has 0 radical (unpaired) electrons. The molecule has 2 rings (SSSR count). The molecule has 2 unspecified atom stereocenters. The van der Waals surface area contributed by atoms with Crippen LogP contribution in [0.4, 0.5) is 0 Å². The van der Waals surface area contributed by atoms with E-state index in [0.717, 1.165) is 24.3 Å². The van der Waals surface area contributed by atoms with E-state index >= 15 is 0 Å². The van der Waals surface area contributed by atoms with Crippen molar-refractivity contribution < 1.29 is 4.79 Å². The molecule has 3 N–H and O–H groups in total. The molecule has 1 aromatic carbocycles. The average Bonchev–Trinajstić information content (AvgIpc) is 3.29. The summed E-state index contributed by atoms with van der Waals surface area (Å²) in [6.07, 6.45) is 6.06. The summed E-state index contributed by atoms with van der Waals surface area (Å²) in [5.41, 5.74) is 7.22. The first kappa shape index (κ1) is 15.0. The second kappa shape index (κ2) is 7.44. The van der Waals surface area contributed by atoms with Gasteiger partial charge >= 0.3 is 0 Å². The lowest BCUT2D eigenvalue weighted by molar-refractivity contribution is -0.122. The molecule has 0 aliphatic heterocycles. The lowest BCUT2D eigenvalue weighted by Gasteiger charge is -2.17. The molecule has 1 aliphatic carbocycles. The van der Waals surface area contributed by atoms with Crippen LogP contribution in [0.25, 0.3) is 0 Å². The molecule has 1 aliphatic rings. The first-order chi connectivity index (χ1) is 9.69. The second-order valence-electron chi connectivity index (χ2n) is 5.91. The Bertz CT molecular complexity index is 414. The minimum absolute atomic E-state index is 0.0505. The minimum atomic E-state index is -0.0505. The van der Waals surface area contributed by atoms with E-state index in [1.165, 1.54) is 12.8 Å². The number of nitrogens with one attached hydrogen (secondary N) is 1. The van der Waals surface area contributed by atoms with Crippen LogP contribution in [0.5, 0.6) is 0 Å². The zero-order chi connectivity index (χ0) is 14.4. The molecule has 3 heteroatoms. The lowest BCUT2D eigenvalue weighted by atomic mass is 10.0. The van der Waals surface area contributed by atoms with E-state index in [9.17, 15) is 4.79 Å². The van der Waals surface area contributed by atoms with E-state index in [4.69, 9.17) is 5.73 Å². The molecule has 1 amide bonds. The topological polar surface area (TPSA) is 55.1 Å². The number of nitrogens with two attached hydrogens (primary N) is 1. The van der Waals surface area contributed by atoms with E-state index < -0.39 is 0 Å². The molecule has 1 saturated carbocycles. The summed E-state index contributed by atoms with van der Waals surface area (Å²) in [5, 5.41) is 3.15. The number of hydrogen-bond donors (Lipinski definition) is 2. The highest BCUT2D eigenvalue weighted by atomic mass is 16.1. The highest BCUT2D eigenvalue weighted by Crippen LogP contribution is 2.34. The third-order valence-electron chi connectivity index (χ3n) is 4.08. The molecule has 3 nitrogen and oxygen atoms in total. The Morgan fingerprint density at radius 2 is 2.05 bits per heavy atom. The molecule has 0 saturated heterocycles. The van der Waals surface area contributed by atoms with Gasteiger partial charge in [-0.15, -0.1) is 0 Å². The van der Waals surface area contributed by atoms with Crippen molar-refractivity contribution >= 4 is 5.91 Å². The van der Waals surface area contributed by atoms with Gasteiger partial charge in [0.25, 0.3) is 0 Å². The van der Waals surface area contributed by atoms with Crippen molar-refractivity contribution in [2.75, 3.05) is 0 Å². The first-order valence-electron chi connectivity index (χ1n) is 7.79. The maximum atomic E-state index is 12.0. The highest BCUT2D eigenvalue weighted by molar-refractivity contribution is 5.76. The van der Waals surface area contributed by atoms with Crippen LogP contribution in [-0.2, 0) is 4.79 Å². The van der Waals surface area contributed by atoms with Crippen molar-refractivity contribution in [2.24, 2.45) is 11.7 Å². The second-order valence-corrected chi connectivity index (χ2v) is 5.91. The zero-order valence-electron chi connectivity index (χ0n) is 12.3. The predicted octanol–water partition coefficient (Wildman–Crippen LogP) is 3.16. The normalized spacial score (nSPS) is 17.5. The Kier molecular flexibility index (Phi) is 5.60. The molecule has 0 spiro atoms. The largest absolute Gasteiger partial charge is 0.353 e. The van der Waals surface area contributed by atoms with Crippen LogP contribution < -0.4 is 11.1 Å². The molecule has 20 heavy (non-hydrogen) atoms. The van der Waals surface area contributed by atoms with Crippen LogP contribution in [0.3, 0.4) is 0 Å².